The minimum absolute atomic E-state index is 0.0444. The fraction of sp³-hybridized carbons (Fsp3) is 0.278. The van der Waals surface area contributed by atoms with Crippen molar-refractivity contribution >= 4 is 21.7 Å². The Morgan fingerprint density at radius 2 is 2.00 bits per heavy atom. The zero-order valence-electron chi connectivity index (χ0n) is 12.3. The predicted molar refractivity (Wildman–Crippen MR) is 88.6 cm³/mol. The van der Waals surface area contributed by atoms with Gasteiger partial charge in [-0.25, -0.2) is 0 Å². The molecule has 2 atom stereocenters. The van der Waals surface area contributed by atoms with Crippen LogP contribution in [0.2, 0.25) is 0 Å². The van der Waals surface area contributed by atoms with Crippen LogP contribution in [0.25, 0.3) is 0 Å². The van der Waals surface area contributed by atoms with Crippen molar-refractivity contribution in [2.45, 2.75) is 25.4 Å². The summed E-state index contributed by atoms with van der Waals surface area (Å²) in [6.07, 6.45) is 0.0570. The first-order valence-corrected chi connectivity index (χ1v) is 8.14. The van der Waals surface area contributed by atoms with Gasteiger partial charge in [-0.2, -0.15) is 0 Å². The van der Waals surface area contributed by atoms with Crippen LogP contribution in [0.4, 0.5) is 0 Å². The minimum atomic E-state index is -0.366. The van der Waals surface area contributed by atoms with Crippen molar-refractivity contribution in [3.63, 3.8) is 0 Å². The van der Waals surface area contributed by atoms with Crippen molar-refractivity contribution in [3.05, 3.63) is 63.6 Å². The molecule has 1 N–H and O–H groups in total. The van der Waals surface area contributed by atoms with Gasteiger partial charge >= 0.3 is 0 Å². The van der Waals surface area contributed by atoms with E-state index in [-0.39, 0.29) is 24.4 Å². The van der Waals surface area contributed by atoms with Crippen molar-refractivity contribution in [1.29, 1.82) is 0 Å². The summed E-state index contributed by atoms with van der Waals surface area (Å²) in [6, 6.07) is 13.7. The Labute approximate surface area is 138 Å². The lowest BCUT2D eigenvalue weighted by Crippen LogP contribution is -2.23. The number of hydrogen-bond donors (Lipinski definition) is 1. The number of carbonyl (C=O) groups excluding carboxylic acids is 1. The van der Waals surface area contributed by atoms with E-state index in [0.29, 0.717) is 17.7 Å². The van der Waals surface area contributed by atoms with Crippen molar-refractivity contribution in [3.8, 4) is 5.75 Å². The Morgan fingerprint density at radius 3 is 2.64 bits per heavy atom. The lowest BCUT2D eigenvalue weighted by atomic mass is 9.87. The molecule has 0 saturated carbocycles. The average Bonchev–Trinajstić information content (AvgIpc) is 2.92. The first-order valence-electron chi connectivity index (χ1n) is 7.34. The molecule has 0 fully saturated rings. The molecule has 4 heteroatoms. The maximum atomic E-state index is 12.2. The van der Waals surface area contributed by atoms with Gasteiger partial charge in [-0.05, 0) is 17.7 Å². The maximum Gasteiger partial charge on any atom is 0.166 e. The standard InChI is InChI=1S/C18H17BrO3/c1-2-15(21)13-8-12(19)9-14-17(11-6-4-3-5-7-11)16(10-20)22-18(13)14/h3-9,16-17,20H,2,10H2,1H3/t16-,17+/m1/s1. The molecular weight excluding hydrogens is 344 g/mol. The van der Waals surface area contributed by atoms with Crippen LogP contribution in [0.3, 0.4) is 0 Å². The molecule has 1 heterocycles. The Hall–Kier alpha value is -1.65. The number of ether oxygens (including phenoxy) is 1. The largest absolute Gasteiger partial charge is 0.486 e. The van der Waals surface area contributed by atoms with Crippen molar-refractivity contribution in [2.24, 2.45) is 0 Å². The number of halogens is 1. The molecule has 114 valence electrons. The van der Waals surface area contributed by atoms with Gasteiger partial charge in [0.05, 0.1) is 18.1 Å². The molecule has 0 bridgehead atoms. The lowest BCUT2D eigenvalue weighted by molar-refractivity contribution is 0.0971. The van der Waals surface area contributed by atoms with Gasteiger partial charge in [0, 0.05) is 16.5 Å². The zero-order chi connectivity index (χ0) is 15.7. The fourth-order valence-corrected chi connectivity index (χ4v) is 3.47. The van der Waals surface area contributed by atoms with Crippen LogP contribution in [0.15, 0.2) is 46.9 Å². The summed E-state index contributed by atoms with van der Waals surface area (Å²) >= 11 is 3.48. The Kier molecular flexibility index (Phi) is 4.32. The molecule has 3 nitrogen and oxygen atoms in total. The molecule has 2 aromatic carbocycles. The molecule has 2 aromatic rings. The maximum absolute atomic E-state index is 12.2. The molecule has 0 aromatic heterocycles. The van der Waals surface area contributed by atoms with E-state index in [1.165, 1.54) is 0 Å². The summed E-state index contributed by atoms with van der Waals surface area (Å²) in [7, 11) is 0. The zero-order valence-corrected chi connectivity index (χ0v) is 13.8. The number of ketones is 1. The van der Waals surface area contributed by atoms with Gasteiger partial charge in [-0.15, -0.1) is 0 Å². The van der Waals surface area contributed by atoms with Gasteiger partial charge in [-0.3, -0.25) is 4.79 Å². The van der Waals surface area contributed by atoms with E-state index in [2.05, 4.69) is 15.9 Å². The molecule has 3 rings (SSSR count). The summed E-state index contributed by atoms with van der Waals surface area (Å²) in [5.74, 6) is 0.591. The van der Waals surface area contributed by atoms with Crippen LogP contribution < -0.4 is 4.74 Å². The summed E-state index contributed by atoms with van der Waals surface area (Å²) in [6.45, 7) is 1.74. The van der Waals surface area contributed by atoms with Crippen LogP contribution in [0.1, 0.15) is 40.7 Å². The molecular formula is C18H17BrO3. The van der Waals surface area contributed by atoms with Gasteiger partial charge in [0.15, 0.2) is 5.78 Å². The second-order valence-corrected chi connectivity index (χ2v) is 6.29. The van der Waals surface area contributed by atoms with Gasteiger partial charge in [0.2, 0.25) is 0 Å². The minimum Gasteiger partial charge on any atom is -0.486 e. The topological polar surface area (TPSA) is 46.5 Å². The van der Waals surface area contributed by atoms with E-state index in [4.69, 9.17) is 4.74 Å². The van der Waals surface area contributed by atoms with Crippen LogP contribution >= 0.6 is 15.9 Å². The third kappa shape index (κ3) is 2.57. The third-order valence-electron chi connectivity index (χ3n) is 4.02. The molecule has 0 radical (unpaired) electrons. The van der Waals surface area contributed by atoms with E-state index >= 15 is 0 Å². The van der Waals surface area contributed by atoms with Crippen LogP contribution in [-0.4, -0.2) is 23.6 Å². The molecule has 0 aliphatic carbocycles. The number of rotatable bonds is 4. The van der Waals surface area contributed by atoms with Gasteiger partial charge in [0.1, 0.15) is 11.9 Å². The molecule has 1 aliphatic heterocycles. The SMILES string of the molecule is CCC(=O)c1cc(Br)cc2c1O[C@H](CO)[C@H]2c1ccccc1. The number of benzene rings is 2. The number of hydrogen-bond acceptors (Lipinski definition) is 3. The highest BCUT2D eigenvalue weighted by atomic mass is 79.9. The molecule has 0 spiro atoms. The van der Waals surface area contributed by atoms with Crippen molar-refractivity contribution in [2.75, 3.05) is 6.61 Å². The number of carbonyl (C=O) groups is 1. The summed E-state index contributed by atoms with van der Waals surface area (Å²) < 4.78 is 6.79. The Balaban J connectivity index is 2.16. The first-order chi connectivity index (χ1) is 10.7. The van der Waals surface area contributed by atoms with E-state index in [1.807, 2.05) is 43.3 Å². The molecule has 1 aliphatic rings. The normalized spacial score (nSPS) is 19.6. The second-order valence-electron chi connectivity index (χ2n) is 5.38. The second kappa shape index (κ2) is 6.23. The third-order valence-corrected chi connectivity index (χ3v) is 4.48. The highest BCUT2D eigenvalue weighted by Gasteiger charge is 2.37. The van der Waals surface area contributed by atoms with Crippen LogP contribution in [-0.2, 0) is 0 Å². The number of Topliss-reactive ketones (excluding diaryl/α,β-unsaturated/α-hetero) is 1. The average molecular weight is 361 g/mol. The summed E-state index contributed by atoms with van der Waals surface area (Å²) in [5.41, 5.74) is 2.62. The Bertz CT molecular complexity index is 697. The van der Waals surface area contributed by atoms with Gasteiger partial charge < -0.3 is 9.84 Å². The monoisotopic (exact) mass is 360 g/mol. The lowest BCUT2D eigenvalue weighted by Gasteiger charge is -2.17. The summed E-state index contributed by atoms with van der Waals surface area (Å²) in [4.78, 5) is 12.2. The first kappa shape index (κ1) is 15.3. The highest BCUT2D eigenvalue weighted by molar-refractivity contribution is 9.10. The van der Waals surface area contributed by atoms with Crippen molar-refractivity contribution in [1.82, 2.24) is 0 Å². The fourth-order valence-electron chi connectivity index (χ4n) is 2.99. The smallest absolute Gasteiger partial charge is 0.166 e. The predicted octanol–water partition coefficient (Wildman–Crippen LogP) is 3.93. The van der Waals surface area contributed by atoms with Gasteiger partial charge in [0.25, 0.3) is 0 Å². The number of fused-ring (bicyclic) bond motifs is 1. The molecule has 0 saturated heterocycles. The van der Waals surface area contributed by atoms with Crippen LogP contribution in [0.5, 0.6) is 5.75 Å². The number of aliphatic hydroxyl groups excluding tert-OH is 1. The van der Waals surface area contributed by atoms with Crippen LogP contribution in [0, 0.1) is 0 Å². The summed E-state index contributed by atoms with van der Waals surface area (Å²) in [5, 5.41) is 9.70. The van der Waals surface area contributed by atoms with Gasteiger partial charge in [-0.1, -0.05) is 53.2 Å². The van der Waals surface area contributed by atoms with E-state index in [0.717, 1.165) is 15.6 Å². The number of aliphatic hydroxyl groups is 1. The Morgan fingerprint density at radius 1 is 1.27 bits per heavy atom. The van der Waals surface area contributed by atoms with Crippen molar-refractivity contribution < 1.29 is 14.6 Å². The molecule has 22 heavy (non-hydrogen) atoms. The molecule has 0 amide bonds. The van der Waals surface area contributed by atoms with E-state index in [9.17, 15) is 9.90 Å². The highest BCUT2D eigenvalue weighted by Crippen LogP contribution is 2.45. The van der Waals surface area contributed by atoms with E-state index < -0.39 is 0 Å². The quantitative estimate of drug-likeness (QED) is 0.840. The molecule has 0 unspecified atom stereocenters. The van der Waals surface area contributed by atoms with E-state index in [1.54, 1.807) is 6.07 Å².